The second-order valence-corrected chi connectivity index (χ2v) is 5.82. The summed E-state index contributed by atoms with van der Waals surface area (Å²) in [6.45, 7) is 2.93. The topological polar surface area (TPSA) is 104 Å². The fourth-order valence-electron chi connectivity index (χ4n) is 1.59. The number of hydrogen-bond acceptors (Lipinski definition) is 7. The summed E-state index contributed by atoms with van der Waals surface area (Å²) in [7, 11) is -1.62. The molecule has 1 aromatic heterocycles. The van der Waals surface area contributed by atoms with Gasteiger partial charge in [-0.25, -0.2) is 23.4 Å². The first-order valence-corrected chi connectivity index (χ1v) is 6.99. The number of nitrogens with zero attached hydrogens (tertiary/aromatic N) is 4. The molecule has 0 amide bonds. The zero-order chi connectivity index (χ0) is 13.2. The number of aromatic nitrogens is 2. The van der Waals surface area contributed by atoms with Gasteiger partial charge in [-0.3, -0.25) is 0 Å². The number of piperazine rings is 1. The summed E-state index contributed by atoms with van der Waals surface area (Å²) in [6.07, 6.45) is 2.39. The fraction of sp³-hybridized carbons (Fsp3) is 0.556. The number of likely N-dealkylation sites (N-methyl/N-ethyl adjacent to an activating group) is 1. The van der Waals surface area contributed by atoms with E-state index in [0.717, 1.165) is 13.1 Å². The van der Waals surface area contributed by atoms with Gasteiger partial charge in [-0.2, -0.15) is 0 Å². The average Bonchev–Trinajstić information content (AvgIpc) is 2.32. The van der Waals surface area contributed by atoms with Crippen molar-refractivity contribution in [2.45, 2.75) is 4.90 Å². The third-order valence-corrected chi connectivity index (χ3v) is 4.04. The number of nitrogen functional groups attached to an aromatic ring is 1. The molecule has 8 nitrogen and oxygen atoms in total. The van der Waals surface area contributed by atoms with E-state index in [1.165, 1.54) is 12.4 Å². The van der Waals surface area contributed by atoms with Gasteiger partial charge in [0.1, 0.15) is 4.90 Å². The predicted octanol–water partition coefficient (Wildman–Crippen LogP) is -1.50. The molecule has 9 heteroatoms. The lowest BCUT2D eigenvalue weighted by atomic mass is 10.4. The van der Waals surface area contributed by atoms with Crippen LogP contribution in [0.1, 0.15) is 0 Å². The summed E-state index contributed by atoms with van der Waals surface area (Å²) in [6, 6.07) is 0. The molecule has 0 aliphatic carbocycles. The zero-order valence-corrected chi connectivity index (χ0v) is 10.9. The Labute approximate surface area is 106 Å². The van der Waals surface area contributed by atoms with Gasteiger partial charge in [0.2, 0.25) is 5.95 Å². The monoisotopic (exact) mass is 272 g/mol. The van der Waals surface area contributed by atoms with Crippen molar-refractivity contribution in [2.24, 2.45) is 0 Å². The molecule has 100 valence electrons. The molecule has 0 spiro atoms. The van der Waals surface area contributed by atoms with Crippen molar-refractivity contribution in [3.63, 3.8) is 0 Å². The lowest BCUT2D eigenvalue weighted by Crippen LogP contribution is -2.52. The highest BCUT2D eigenvalue weighted by molar-refractivity contribution is 7.89. The van der Waals surface area contributed by atoms with E-state index in [4.69, 9.17) is 5.73 Å². The molecule has 0 atom stereocenters. The molecule has 1 aromatic rings. The largest absolute Gasteiger partial charge is 0.368 e. The molecular formula is C9H16N6O2S. The molecule has 2 rings (SSSR count). The van der Waals surface area contributed by atoms with Crippen LogP contribution in [0.3, 0.4) is 0 Å². The van der Waals surface area contributed by atoms with Crippen molar-refractivity contribution in [3.8, 4) is 0 Å². The first-order chi connectivity index (χ1) is 8.47. The van der Waals surface area contributed by atoms with E-state index in [1.54, 1.807) is 5.01 Å². The number of rotatable bonds is 3. The van der Waals surface area contributed by atoms with Crippen molar-refractivity contribution < 1.29 is 8.42 Å². The van der Waals surface area contributed by atoms with E-state index in [-0.39, 0.29) is 10.8 Å². The van der Waals surface area contributed by atoms with Gasteiger partial charge in [-0.1, -0.05) is 0 Å². The molecule has 0 saturated carbocycles. The zero-order valence-electron chi connectivity index (χ0n) is 10.1. The Hall–Kier alpha value is -1.29. The number of nitrogens with one attached hydrogen (secondary N) is 1. The van der Waals surface area contributed by atoms with Gasteiger partial charge in [0.15, 0.2) is 0 Å². The van der Waals surface area contributed by atoms with Gasteiger partial charge in [-0.15, -0.1) is 4.83 Å². The molecule has 0 radical (unpaired) electrons. The Morgan fingerprint density at radius 2 is 1.78 bits per heavy atom. The minimum absolute atomic E-state index is 0.00984. The van der Waals surface area contributed by atoms with Crippen LogP contribution in [-0.2, 0) is 10.0 Å². The Morgan fingerprint density at radius 3 is 2.33 bits per heavy atom. The molecule has 0 aromatic carbocycles. The van der Waals surface area contributed by atoms with Gasteiger partial charge in [-0.05, 0) is 7.05 Å². The van der Waals surface area contributed by atoms with Crippen LogP contribution in [0.15, 0.2) is 17.3 Å². The van der Waals surface area contributed by atoms with E-state index in [2.05, 4.69) is 19.7 Å². The summed E-state index contributed by atoms with van der Waals surface area (Å²) in [5.74, 6) is 0.0496. The highest BCUT2D eigenvalue weighted by Crippen LogP contribution is 2.07. The van der Waals surface area contributed by atoms with Gasteiger partial charge >= 0.3 is 0 Å². The average molecular weight is 272 g/mol. The van der Waals surface area contributed by atoms with Crippen LogP contribution in [0, 0.1) is 0 Å². The second kappa shape index (κ2) is 5.14. The molecule has 18 heavy (non-hydrogen) atoms. The maximum atomic E-state index is 12.0. The number of hydrogen-bond donors (Lipinski definition) is 2. The van der Waals surface area contributed by atoms with Gasteiger partial charge in [0.05, 0.1) is 12.4 Å². The smallest absolute Gasteiger partial charge is 0.256 e. The maximum Gasteiger partial charge on any atom is 0.256 e. The standard InChI is InChI=1S/C9H16N6O2S/c1-14-2-4-15(5-3-14)13-18(16,17)8-6-11-9(10)12-7-8/h6-7,13H,2-5H2,1H3,(H2,10,11,12). The lowest BCUT2D eigenvalue weighted by Gasteiger charge is -2.31. The van der Waals surface area contributed by atoms with Crippen LogP contribution in [0.5, 0.6) is 0 Å². The third kappa shape index (κ3) is 3.13. The van der Waals surface area contributed by atoms with Crippen molar-refractivity contribution in [3.05, 3.63) is 12.4 Å². The van der Waals surface area contributed by atoms with Gasteiger partial charge < -0.3 is 10.6 Å². The van der Waals surface area contributed by atoms with Crippen molar-refractivity contribution in [1.82, 2.24) is 24.7 Å². The molecule has 1 fully saturated rings. The molecule has 1 aliphatic heterocycles. The first-order valence-electron chi connectivity index (χ1n) is 5.51. The summed E-state index contributed by atoms with van der Waals surface area (Å²) in [5, 5.41) is 1.67. The summed E-state index contributed by atoms with van der Waals surface area (Å²) >= 11 is 0. The Bertz CT molecular complexity index is 494. The minimum atomic E-state index is -3.62. The molecule has 0 unspecified atom stereocenters. The number of anilines is 1. The third-order valence-electron chi connectivity index (χ3n) is 2.71. The van der Waals surface area contributed by atoms with Crippen molar-refractivity contribution in [2.75, 3.05) is 39.0 Å². The number of nitrogens with two attached hydrogens (primary N) is 1. The van der Waals surface area contributed by atoms with E-state index >= 15 is 0 Å². The van der Waals surface area contributed by atoms with Crippen LogP contribution in [0.4, 0.5) is 5.95 Å². The summed E-state index contributed by atoms with van der Waals surface area (Å²) in [4.78, 5) is 12.0. The predicted molar refractivity (Wildman–Crippen MR) is 65.8 cm³/mol. The number of sulfonamides is 1. The fourth-order valence-corrected chi connectivity index (χ4v) is 2.60. The van der Waals surface area contributed by atoms with Crippen molar-refractivity contribution >= 4 is 16.0 Å². The first kappa shape index (κ1) is 13.1. The van der Waals surface area contributed by atoms with E-state index in [1.807, 2.05) is 7.05 Å². The van der Waals surface area contributed by atoms with Gasteiger partial charge in [0, 0.05) is 26.2 Å². The Kier molecular flexibility index (Phi) is 3.76. The highest BCUT2D eigenvalue weighted by atomic mass is 32.2. The van der Waals surface area contributed by atoms with Crippen LogP contribution >= 0.6 is 0 Å². The molecule has 3 N–H and O–H groups in total. The summed E-state index contributed by atoms with van der Waals surface area (Å²) in [5.41, 5.74) is 5.32. The van der Waals surface area contributed by atoms with Crippen LogP contribution < -0.4 is 10.6 Å². The van der Waals surface area contributed by atoms with Crippen LogP contribution in [0.2, 0.25) is 0 Å². The normalized spacial score (nSPS) is 18.9. The number of hydrazine groups is 1. The van der Waals surface area contributed by atoms with E-state index in [9.17, 15) is 8.42 Å². The van der Waals surface area contributed by atoms with Crippen LogP contribution in [-0.4, -0.2) is 61.5 Å². The maximum absolute atomic E-state index is 12.0. The summed E-state index contributed by atoms with van der Waals surface area (Å²) < 4.78 is 24.0. The van der Waals surface area contributed by atoms with Gasteiger partial charge in [0.25, 0.3) is 10.0 Å². The van der Waals surface area contributed by atoms with Crippen LogP contribution in [0.25, 0.3) is 0 Å². The molecule has 2 heterocycles. The van der Waals surface area contributed by atoms with Crippen molar-refractivity contribution in [1.29, 1.82) is 0 Å². The highest BCUT2D eigenvalue weighted by Gasteiger charge is 2.21. The molecule has 1 aliphatic rings. The quantitative estimate of drug-likeness (QED) is 0.690. The van der Waals surface area contributed by atoms with E-state index < -0.39 is 10.0 Å². The Morgan fingerprint density at radius 1 is 1.22 bits per heavy atom. The van der Waals surface area contributed by atoms with E-state index in [0.29, 0.717) is 13.1 Å². The Balaban J connectivity index is 2.05. The SMILES string of the molecule is CN1CCN(NS(=O)(=O)c2cnc(N)nc2)CC1. The lowest BCUT2D eigenvalue weighted by molar-refractivity contribution is 0.135. The molecule has 1 saturated heterocycles. The second-order valence-electron chi connectivity index (χ2n) is 4.16. The molecule has 0 bridgehead atoms. The minimum Gasteiger partial charge on any atom is -0.368 e. The molecular weight excluding hydrogens is 256 g/mol.